The first kappa shape index (κ1) is 12.2. The van der Waals surface area contributed by atoms with Crippen molar-refractivity contribution >= 4 is 0 Å². The van der Waals surface area contributed by atoms with E-state index in [-0.39, 0.29) is 0 Å². The Morgan fingerprint density at radius 2 is 2.27 bits per heavy atom. The highest BCUT2D eigenvalue weighted by atomic mass is 16.5. The van der Waals surface area contributed by atoms with Crippen molar-refractivity contribution in [2.24, 2.45) is 0 Å². The molecule has 0 radical (unpaired) electrons. The molecule has 0 amide bonds. The van der Waals surface area contributed by atoms with Crippen molar-refractivity contribution in [1.82, 2.24) is 15.1 Å². The lowest BCUT2D eigenvalue weighted by molar-refractivity contribution is 0.191. The van der Waals surface area contributed by atoms with Crippen LogP contribution in [0.25, 0.3) is 0 Å². The van der Waals surface area contributed by atoms with E-state index in [4.69, 9.17) is 4.74 Å². The van der Waals surface area contributed by atoms with Gasteiger partial charge in [-0.25, -0.2) is 0 Å². The van der Waals surface area contributed by atoms with E-state index in [9.17, 15) is 0 Å². The summed E-state index contributed by atoms with van der Waals surface area (Å²) in [6.07, 6.45) is 4.34. The quantitative estimate of drug-likeness (QED) is 0.692. The van der Waals surface area contributed by atoms with Crippen LogP contribution in [-0.4, -0.2) is 30.5 Å². The molecule has 0 atom stereocenters. The highest BCUT2D eigenvalue weighted by molar-refractivity contribution is 5.14. The lowest BCUT2D eigenvalue weighted by Crippen LogP contribution is -2.05. The van der Waals surface area contributed by atoms with E-state index >= 15 is 0 Å². The topological polar surface area (TPSA) is 39.1 Å². The van der Waals surface area contributed by atoms with Gasteiger partial charge in [0.1, 0.15) is 0 Å². The molecule has 0 aromatic carbocycles. The van der Waals surface area contributed by atoms with E-state index < -0.39 is 0 Å². The van der Waals surface area contributed by atoms with Crippen LogP contribution in [0.2, 0.25) is 0 Å². The molecule has 1 aromatic rings. The van der Waals surface area contributed by atoms with Crippen LogP contribution in [0.5, 0.6) is 0 Å². The Hall–Kier alpha value is -0.870. The third kappa shape index (κ3) is 4.01. The fourth-order valence-corrected chi connectivity index (χ4v) is 1.56. The molecule has 4 heteroatoms. The van der Waals surface area contributed by atoms with Crippen LogP contribution in [0, 0.1) is 6.92 Å². The second-order valence-electron chi connectivity index (χ2n) is 3.73. The van der Waals surface area contributed by atoms with Gasteiger partial charge < -0.3 is 10.1 Å². The molecule has 4 nitrogen and oxygen atoms in total. The predicted molar refractivity (Wildman–Crippen MR) is 60.8 cm³/mol. The van der Waals surface area contributed by atoms with Gasteiger partial charge in [-0.2, -0.15) is 5.10 Å². The third-order valence-electron chi connectivity index (χ3n) is 2.40. The van der Waals surface area contributed by atoms with Crippen LogP contribution in [0.4, 0.5) is 0 Å². The summed E-state index contributed by atoms with van der Waals surface area (Å²) in [5, 5.41) is 7.60. The van der Waals surface area contributed by atoms with E-state index in [0.717, 1.165) is 38.2 Å². The van der Waals surface area contributed by atoms with Gasteiger partial charge in [0.15, 0.2) is 0 Å². The summed E-state index contributed by atoms with van der Waals surface area (Å²) >= 11 is 0. The van der Waals surface area contributed by atoms with Crippen molar-refractivity contribution in [2.45, 2.75) is 32.9 Å². The number of hydrogen-bond donors (Lipinski definition) is 1. The fourth-order valence-electron chi connectivity index (χ4n) is 1.56. The van der Waals surface area contributed by atoms with Crippen LogP contribution < -0.4 is 5.32 Å². The Kier molecular flexibility index (Phi) is 5.36. The number of methoxy groups -OCH3 is 1. The molecule has 0 aliphatic heterocycles. The Bertz CT molecular complexity index is 283. The lowest BCUT2D eigenvalue weighted by Gasteiger charge is -2.00. The van der Waals surface area contributed by atoms with Crippen LogP contribution in [0.3, 0.4) is 0 Å². The van der Waals surface area contributed by atoms with E-state index in [1.807, 2.05) is 11.7 Å². The smallest absolute Gasteiger partial charge is 0.0638 e. The average molecular weight is 211 g/mol. The monoisotopic (exact) mass is 211 g/mol. The summed E-state index contributed by atoms with van der Waals surface area (Å²) in [5.74, 6) is 0. The van der Waals surface area contributed by atoms with E-state index in [2.05, 4.69) is 23.5 Å². The number of unbranched alkanes of at least 4 members (excludes halogenated alkanes) is 1. The normalized spacial score (nSPS) is 10.9. The van der Waals surface area contributed by atoms with Crippen LogP contribution in [-0.2, 0) is 17.8 Å². The summed E-state index contributed by atoms with van der Waals surface area (Å²) in [6, 6.07) is 0. The highest BCUT2D eigenvalue weighted by Gasteiger charge is 2.02. The second-order valence-corrected chi connectivity index (χ2v) is 3.73. The number of rotatable bonds is 7. The maximum atomic E-state index is 5.01. The minimum atomic E-state index is 0.837. The Balaban J connectivity index is 2.37. The van der Waals surface area contributed by atoms with E-state index in [1.165, 1.54) is 5.56 Å². The predicted octanol–water partition coefficient (Wildman–Crippen LogP) is 1.34. The van der Waals surface area contributed by atoms with Gasteiger partial charge in [-0.1, -0.05) is 0 Å². The minimum absolute atomic E-state index is 0.837. The zero-order valence-electron chi connectivity index (χ0n) is 9.92. The standard InChI is InChI=1S/C11H21N3O/c1-10-11(8-12-2)9-14(13-10)6-4-5-7-15-3/h9,12H,4-8H2,1-3H3. The molecule has 0 bridgehead atoms. The third-order valence-corrected chi connectivity index (χ3v) is 2.40. The van der Waals surface area contributed by atoms with Gasteiger partial charge in [-0.3, -0.25) is 4.68 Å². The van der Waals surface area contributed by atoms with Crippen LogP contribution in [0.15, 0.2) is 6.20 Å². The number of nitrogens with zero attached hydrogens (tertiary/aromatic N) is 2. The summed E-state index contributed by atoms with van der Waals surface area (Å²) < 4.78 is 7.03. The Morgan fingerprint density at radius 3 is 2.93 bits per heavy atom. The van der Waals surface area contributed by atoms with Crippen molar-refractivity contribution in [1.29, 1.82) is 0 Å². The first-order valence-corrected chi connectivity index (χ1v) is 5.44. The zero-order valence-corrected chi connectivity index (χ0v) is 9.92. The summed E-state index contributed by atoms with van der Waals surface area (Å²) in [6.45, 7) is 4.76. The molecular weight excluding hydrogens is 190 g/mol. The summed E-state index contributed by atoms with van der Waals surface area (Å²) in [4.78, 5) is 0. The van der Waals surface area contributed by atoms with Gasteiger partial charge >= 0.3 is 0 Å². The van der Waals surface area contributed by atoms with Crippen LogP contribution >= 0.6 is 0 Å². The second kappa shape index (κ2) is 6.58. The maximum Gasteiger partial charge on any atom is 0.0638 e. The minimum Gasteiger partial charge on any atom is -0.385 e. The van der Waals surface area contributed by atoms with Crippen molar-refractivity contribution < 1.29 is 4.74 Å². The molecular formula is C11H21N3O. The zero-order chi connectivity index (χ0) is 11.1. The van der Waals surface area contributed by atoms with Crippen LogP contribution in [0.1, 0.15) is 24.1 Å². The highest BCUT2D eigenvalue weighted by Crippen LogP contribution is 2.06. The van der Waals surface area contributed by atoms with Gasteiger partial charge in [0.25, 0.3) is 0 Å². The van der Waals surface area contributed by atoms with Gasteiger partial charge in [-0.15, -0.1) is 0 Å². The number of aromatic nitrogens is 2. The maximum absolute atomic E-state index is 5.01. The van der Waals surface area contributed by atoms with Gasteiger partial charge in [0.2, 0.25) is 0 Å². The van der Waals surface area contributed by atoms with Gasteiger partial charge in [0.05, 0.1) is 5.69 Å². The number of ether oxygens (including phenoxy) is 1. The van der Waals surface area contributed by atoms with E-state index in [0.29, 0.717) is 0 Å². The van der Waals surface area contributed by atoms with Gasteiger partial charge in [-0.05, 0) is 26.8 Å². The number of hydrogen-bond acceptors (Lipinski definition) is 3. The fraction of sp³-hybridized carbons (Fsp3) is 0.727. The molecule has 0 saturated heterocycles. The Labute approximate surface area is 91.6 Å². The first-order chi connectivity index (χ1) is 7.27. The molecule has 0 saturated carbocycles. The molecule has 15 heavy (non-hydrogen) atoms. The molecule has 1 N–H and O–H groups in total. The van der Waals surface area contributed by atoms with Crippen molar-refractivity contribution in [3.8, 4) is 0 Å². The number of aryl methyl sites for hydroxylation is 2. The number of nitrogens with one attached hydrogen (secondary N) is 1. The molecule has 86 valence electrons. The van der Waals surface area contributed by atoms with Crippen molar-refractivity contribution in [3.63, 3.8) is 0 Å². The Morgan fingerprint density at radius 1 is 1.47 bits per heavy atom. The van der Waals surface area contributed by atoms with E-state index in [1.54, 1.807) is 7.11 Å². The first-order valence-electron chi connectivity index (χ1n) is 5.44. The molecule has 0 aliphatic rings. The molecule has 0 unspecified atom stereocenters. The van der Waals surface area contributed by atoms with Crippen molar-refractivity contribution in [3.05, 3.63) is 17.5 Å². The molecule has 0 fully saturated rings. The van der Waals surface area contributed by atoms with Crippen molar-refractivity contribution in [2.75, 3.05) is 20.8 Å². The lowest BCUT2D eigenvalue weighted by atomic mass is 10.3. The molecule has 1 rings (SSSR count). The average Bonchev–Trinajstić information content (AvgIpc) is 2.55. The summed E-state index contributed by atoms with van der Waals surface area (Å²) in [5.41, 5.74) is 2.40. The molecule has 0 spiro atoms. The molecule has 1 heterocycles. The molecule has 0 aliphatic carbocycles. The van der Waals surface area contributed by atoms with Gasteiger partial charge in [0, 0.05) is 38.6 Å². The SMILES string of the molecule is CNCc1cn(CCCCOC)nc1C. The molecule has 1 aromatic heterocycles. The largest absolute Gasteiger partial charge is 0.385 e. The summed E-state index contributed by atoms with van der Waals surface area (Å²) in [7, 11) is 3.69.